The van der Waals surface area contributed by atoms with Crippen LogP contribution in [0, 0.1) is 11.8 Å². The Kier molecular flexibility index (Phi) is 3.70. The van der Waals surface area contributed by atoms with E-state index in [1.165, 1.54) is 31.4 Å². The van der Waals surface area contributed by atoms with Crippen LogP contribution in [0.2, 0.25) is 0 Å². The molecule has 0 aliphatic heterocycles. The minimum absolute atomic E-state index is 0.831. The topological polar surface area (TPSA) is 38.0 Å². The molecule has 0 aromatic heterocycles. The second-order valence-corrected chi connectivity index (χ2v) is 5.13. The molecule has 1 aromatic rings. The van der Waals surface area contributed by atoms with Crippen molar-refractivity contribution in [2.24, 2.45) is 11.8 Å². The molecule has 0 unspecified atom stereocenters. The van der Waals surface area contributed by atoms with Gasteiger partial charge in [-0.05, 0) is 48.9 Å². The third-order valence-corrected chi connectivity index (χ3v) is 3.64. The molecule has 1 aliphatic rings. The molecular formula is C14H22N2. The summed E-state index contributed by atoms with van der Waals surface area (Å²) in [6, 6.07) is 8.01. The van der Waals surface area contributed by atoms with Crippen LogP contribution in [0.3, 0.4) is 0 Å². The molecule has 1 fully saturated rings. The first-order chi connectivity index (χ1) is 7.74. The van der Waals surface area contributed by atoms with Gasteiger partial charge in [-0.3, -0.25) is 0 Å². The average Bonchev–Trinajstić information content (AvgIpc) is 2.30. The molecule has 3 N–H and O–H groups in total. The molecule has 0 atom stereocenters. The quantitative estimate of drug-likeness (QED) is 0.762. The van der Waals surface area contributed by atoms with Gasteiger partial charge in [-0.1, -0.05) is 19.8 Å². The molecule has 0 bridgehead atoms. The van der Waals surface area contributed by atoms with Gasteiger partial charge in [0.15, 0.2) is 0 Å². The SMILES string of the molecule is CC1CCC(CNc2ccc(N)cc2)CC1. The Morgan fingerprint density at radius 3 is 2.38 bits per heavy atom. The van der Waals surface area contributed by atoms with Crippen molar-refractivity contribution in [2.45, 2.75) is 32.6 Å². The van der Waals surface area contributed by atoms with E-state index in [0.717, 1.165) is 24.1 Å². The molecule has 0 heterocycles. The van der Waals surface area contributed by atoms with Crippen molar-refractivity contribution in [3.8, 4) is 0 Å². The minimum atomic E-state index is 0.831. The van der Waals surface area contributed by atoms with Crippen molar-refractivity contribution >= 4 is 11.4 Å². The Morgan fingerprint density at radius 1 is 1.12 bits per heavy atom. The van der Waals surface area contributed by atoms with Crippen LogP contribution in [0.5, 0.6) is 0 Å². The molecule has 2 heteroatoms. The number of nitrogen functional groups attached to an aromatic ring is 1. The van der Waals surface area contributed by atoms with Gasteiger partial charge in [-0.15, -0.1) is 0 Å². The van der Waals surface area contributed by atoms with Crippen LogP contribution in [0.25, 0.3) is 0 Å². The predicted molar refractivity (Wildman–Crippen MR) is 70.5 cm³/mol. The highest BCUT2D eigenvalue weighted by Crippen LogP contribution is 2.28. The van der Waals surface area contributed by atoms with E-state index in [-0.39, 0.29) is 0 Å². The van der Waals surface area contributed by atoms with Gasteiger partial charge in [0.2, 0.25) is 0 Å². The smallest absolute Gasteiger partial charge is 0.0341 e. The summed E-state index contributed by atoms with van der Waals surface area (Å²) < 4.78 is 0. The first-order valence-electron chi connectivity index (χ1n) is 6.33. The summed E-state index contributed by atoms with van der Waals surface area (Å²) in [5.41, 5.74) is 7.67. The lowest BCUT2D eigenvalue weighted by Gasteiger charge is -2.26. The maximum Gasteiger partial charge on any atom is 0.0341 e. The first-order valence-corrected chi connectivity index (χ1v) is 6.33. The second kappa shape index (κ2) is 5.24. The number of benzene rings is 1. The largest absolute Gasteiger partial charge is 0.399 e. The Labute approximate surface area is 98.2 Å². The summed E-state index contributed by atoms with van der Waals surface area (Å²) >= 11 is 0. The number of hydrogen-bond acceptors (Lipinski definition) is 2. The molecule has 1 saturated carbocycles. The summed E-state index contributed by atoms with van der Waals surface area (Å²) in [6.07, 6.45) is 5.55. The van der Waals surface area contributed by atoms with Gasteiger partial charge in [-0.25, -0.2) is 0 Å². The molecule has 2 rings (SSSR count). The molecule has 88 valence electrons. The predicted octanol–water partition coefficient (Wildman–Crippen LogP) is 3.51. The van der Waals surface area contributed by atoms with Crippen molar-refractivity contribution in [3.63, 3.8) is 0 Å². The number of nitrogens with two attached hydrogens (primary N) is 1. The lowest BCUT2D eigenvalue weighted by molar-refractivity contribution is 0.300. The highest BCUT2D eigenvalue weighted by Gasteiger charge is 2.17. The summed E-state index contributed by atoms with van der Waals surface area (Å²) in [7, 11) is 0. The zero-order valence-corrected chi connectivity index (χ0v) is 10.1. The normalized spacial score (nSPS) is 25.3. The first kappa shape index (κ1) is 11.3. The van der Waals surface area contributed by atoms with Gasteiger partial charge in [0.25, 0.3) is 0 Å². The number of rotatable bonds is 3. The van der Waals surface area contributed by atoms with Crippen molar-refractivity contribution < 1.29 is 0 Å². The maximum absolute atomic E-state index is 5.65. The van der Waals surface area contributed by atoms with E-state index in [0.29, 0.717) is 0 Å². The highest BCUT2D eigenvalue weighted by molar-refractivity contribution is 5.51. The molecule has 2 nitrogen and oxygen atoms in total. The van der Waals surface area contributed by atoms with Crippen LogP contribution < -0.4 is 11.1 Å². The Bertz CT molecular complexity index is 310. The van der Waals surface area contributed by atoms with Crippen molar-refractivity contribution in [1.82, 2.24) is 0 Å². The fraction of sp³-hybridized carbons (Fsp3) is 0.571. The fourth-order valence-corrected chi connectivity index (χ4v) is 2.40. The molecular weight excluding hydrogens is 196 g/mol. The highest BCUT2D eigenvalue weighted by atomic mass is 14.9. The van der Waals surface area contributed by atoms with Crippen LogP contribution in [-0.2, 0) is 0 Å². The standard InChI is InChI=1S/C14H22N2/c1-11-2-4-12(5-3-11)10-16-14-8-6-13(15)7-9-14/h6-9,11-12,16H,2-5,10,15H2,1H3. The van der Waals surface area contributed by atoms with E-state index in [4.69, 9.17) is 5.73 Å². The monoisotopic (exact) mass is 218 g/mol. The fourth-order valence-electron chi connectivity index (χ4n) is 2.40. The molecule has 1 aromatic carbocycles. The zero-order chi connectivity index (χ0) is 11.4. The summed E-state index contributed by atoms with van der Waals surface area (Å²) in [6.45, 7) is 3.47. The van der Waals surface area contributed by atoms with E-state index >= 15 is 0 Å². The van der Waals surface area contributed by atoms with Crippen LogP contribution in [0.4, 0.5) is 11.4 Å². The Balaban J connectivity index is 1.77. The van der Waals surface area contributed by atoms with Crippen LogP contribution >= 0.6 is 0 Å². The molecule has 0 spiro atoms. The van der Waals surface area contributed by atoms with Gasteiger partial charge in [0, 0.05) is 17.9 Å². The molecule has 1 aliphatic carbocycles. The van der Waals surface area contributed by atoms with Gasteiger partial charge < -0.3 is 11.1 Å². The van der Waals surface area contributed by atoms with E-state index < -0.39 is 0 Å². The van der Waals surface area contributed by atoms with Gasteiger partial charge >= 0.3 is 0 Å². The maximum atomic E-state index is 5.65. The Hall–Kier alpha value is -1.18. The molecule has 0 amide bonds. The van der Waals surface area contributed by atoms with Gasteiger partial charge in [0.05, 0.1) is 0 Å². The molecule has 0 saturated heterocycles. The summed E-state index contributed by atoms with van der Waals surface area (Å²) in [5, 5.41) is 3.50. The van der Waals surface area contributed by atoms with Crippen LogP contribution in [-0.4, -0.2) is 6.54 Å². The average molecular weight is 218 g/mol. The third-order valence-electron chi connectivity index (χ3n) is 3.64. The third kappa shape index (κ3) is 3.16. The molecule has 0 radical (unpaired) electrons. The molecule has 16 heavy (non-hydrogen) atoms. The Morgan fingerprint density at radius 2 is 1.75 bits per heavy atom. The number of anilines is 2. The second-order valence-electron chi connectivity index (χ2n) is 5.13. The minimum Gasteiger partial charge on any atom is -0.399 e. The van der Waals surface area contributed by atoms with Crippen LogP contribution in [0.1, 0.15) is 32.6 Å². The van der Waals surface area contributed by atoms with Crippen molar-refractivity contribution in [2.75, 3.05) is 17.6 Å². The van der Waals surface area contributed by atoms with Gasteiger partial charge in [-0.2, -0.15) is 0 Å². The number of nitrogens with one attached hydrogen (secondary N) is 1. The van der Waals surface area contributed by atoms with Crippen molar-refractivity contribution in [3.05, 3.63) is 24.3 Å². The summed E-state index contributed by atoms with van der Waals surface area (Å²) in [5.74, 6) is 1.79. The van der Waals surface area contributed by atoms with Crippen molar-refractivity contribution in [1.29, 1.82) is 0 Å². The van der Waals surface area contributed by atoms with E-state index in [2.05, 4.69) is 24.4 Å². The zero-order valence-electron chi connectivity index (χ0n) is 10.1. The van der Waals surface area contributed by atoms with Gasteiger partial charge in [0.1, 0.15) is 0 Å². The summed E-state index contributed by atoms with van der Waals surface area (Å²) in [4.78, 5) is 0. The van der Waals surface area contributed by atoms with E-state index in [1.807, 2.05) is 12.1 Å². The number of hydrogen-bond donors (Lipinski definition) is 2. The van der Waals surface area contributed by atoms with Crippen LogP contribution in [0.15, 0.2) is 24.3 Å². The lowest BCUT2D eigenvalue weighted by atomic mass is 9.83. The van der Waals surface area contributed by atoms with E-state index in [9.17, 15) is 0 Å². The lowest BCUT2D eigenvalue weighted by Crippen LogP contribution is -2.20. The van der Waals surface area contributed by atoms with E-state index in [1.54, 1.807) is 0 Å².